The van der Waals surface area contributed by atoms with Crippen molar-refractivity contribution in [2.45, 2.75) is 26.8 Å². The van der Waals surface area contributed by atoms with Gasteiger partial charge in [-0.05, 0) is 68.3 Å². The molecule has 0 bridgehead atoms. The third-order valence-corrected chi connectivity index (χ3v) is 7.46. The Morgan fingerprint density at radius 3 is 2.26 bits per heavy atom. The monoisotopic (exact) mass is 535 g/mol. The van der Waals surface area contributed by atoms with Crippen LogP contribution in [0.1, 0.15) is 19.5 Å². The molecule has 2 aromatic heterocycles. The maximum Gasteiger partial charge on any atom is 0.332 e. The molecule has 4 aromatic rings. The average Bonchev–Trinajstić information content (AvgIpc) is 3.22. The van der Waals surface area contributed by atoms with Crippen LogP contribution in [-0.4, -0.2) is 56.3 Å². The van der Waals surface area contributed by atoms with Crippen molar-refractivity contribution in [2.24, 2.45) is 7.05 Å². The van der Waals surface area contributed by atoms with Gasteiger partial charge in [-0.1, -0.05) is 17.7 Å². The lowest BCUT2D eigenvalue weighted by molar-refractivity contribution is 0.209. The molecule has 0 radical (unpaired) electrons. The second kappa shape index (κ2) is 10.3. The molecule has 1 N–H and O–H groups in total. The van der Waals surface area contributed by atoms with E-state index < -0.39 is 5.82 Å². The van der Waals surface area contributed by atoms with E-state index in [2.05, 4.69) is 23.6 Å². The van der Waals surface area contributed by atoms with Gasteiger partial charge in [0.1, 0.15) is 17.4 Å². The molecular weight excluding hydrogens is 505 g/mol. The van der Waals surface area contributed by atoms with E-state index in [0.29, 0.717) is 39.0 Å². The Morgan fingerprint density at radius 2 is 1.66 bits per heavy atom. The molecule has 0 aliphatic carbocycles. The summed E-state index contributed by atoms with van der Waals surface area (Å²) in [6.45, 7) is 9.90. The van der Waals surface area contributed by atoms with Gasteiger partial charge in [0.2, 0.25) is 0 Å². The van der Waals surface area contributed by atoms with Crippen molar-refractivity contribution in [1.82, 2.24) is 19.0 Å². The van der Waals surface area contributed by atoms with Crippen molar-refractivity contribution in [2.75, 3.05) is 31.1 Å². The number of nitrogens with zero attached hydrogens (tertiary/aromatic N) is 5. The molecule has 0 unspecified atom stereocenters. The van der Waals surface area contributed by atoms with Gasteiger partial charge in [0.05, 0.1) is 10.7 Å². The Morgan fingerprint density at radius 1 is 0.974 bits per heavy atom. The Balaban J connectivity index is 1.51. The number of aromatic nitrogens is 3. The molecule has 1 aliphatic heterocycles. The van der Waals surface area contributed by atoms with Crippen molar-refractivity contribution < 1.29 is 9.50 Å². The minimum Gasteiger partial charge on any atom is -0.507 e. The predicted octanol–water partition coefficient (Wildman–Crippen LogP) is 5.24. The number of aromatic hydroxyl groups is 1. The van der Waals surface area contributed by atoms with Gasteiger partial charge in [0.15, 0.2) is 0 Å². The minimum absolute atomic E-state index is 0.0479. The van der Waals surface area contributed by atoms with Crippen LogP contribution in [0.3, 0.4) is 0 Å². The van der Waals surface area contributed by atoms with E-state index in [1.165, 1.54) is 21.3 Å². The van der Waals surface area contributed by atoms with Crippen LogP contribution in [0, 0.1) is 12.7 Å². The molecule has 0 amide bonds. The van der Waals surface area contributed by atoms with E-state index in [-0.39, 0.29) is 11.4 Å². The minimum atomic E-state index is -0.478. The maximum atomic E-state index is 14.9. The van der Waals surface area contributed by atoms with Crippen molar-refractivity contribution >= 4 is 17.4 Å². The molecule has 5 rings (SSSR count). The molecule has 1 fully saturated rings. The predicted molar refractivity (Wildman–Crippen MR) is 150 cm³/mol. The number of benzene rings is 2. The molecule has 1 saturated heterocycles. The molecule has 9 heteroatoms. The number of anilines is 1. The van der Waals surface area contributed by atoms with Crippen LogP contribution in [0.25, 0.3) is 27.9 Å². The van der Waals surface area contributed by atoms with Gasteiger partial charge in [0.25, 0.3) is 0 Å². The van der Waals surface area contributed by atoms with Crippen LogP contribution in [0.15, 0.2) is 59.7 Å². The summed E-state index contributed by atoms with van der Waals surface area (Å²) in [6, 6.07) is 11.9. The van der Waals surface area contributed by atoms with Crippen LogP contribution in [0.4, 0.5) is 10.2 Å². The second-order valence-corrected chi connectivity index (χ2v) is 10.5. The lowest BCUT2D eigenvalue weighted by Crippen LogP contribution is -2.49. The highest BCUT2D eigenvalue weighted by Gasteiger charge is 2.22. The number of pyridine rings is 1. The SMILES string of the molecule is Cc1cc(-c2cc(F)cc(-c3ccc(-n4ccn(C)c4=O)c(Cl)c3)c2O)cc(N2CCN(C(C)C)CC2)n1. The molecule has 198 valence electrons. The first-order valence-corrected chi connectivity index (χ1v) is 13.0. The number of phenolic OH excluding ortho intramolecular Hbond substituents is 1. The van der Waals surface area contributed by atoms with E-state index in [9.17, 15) is 14.3 Å². The lowest BCUT2D eigenvalue weighted by atomic mass is 9.96. The summed E-state index contributed by atoms with van der Waals surface area (Å²) in [6.07, 6.45) is 3.28. The molecule has 0 atom stereocenters. The maximum absolute atomic E-state index is 14.9. The second-order valence-electron chi connectivity index (χ2n) is 10.0. The Hall–Kier alpha value is -3.62. The van der Waals surface area contributed by atoms with Gasteiger partial charge in [-0.2, -0.15) is 0 Å². The first-order chi connectivity index (χ1) is 18.1. The Bertz CT molecular complexity index is 1550. The van der Waals surface area contributed by atoms with E-state index >= 15 is 0 Å². The summed E-state index contributed by atoms with van der Waals surface area (Å²) in [4.78, 5) is 21.8. The number of piperazine rings is 1. The van der Waals surface area contributed by atoms with E-state index in [4.69, 9.17) is 16.6 Å². The van der Waals surface area contributed by atoms with Crippen LogP contribution in [-0.2, 0) is 7.05 Å². The molecule has 3 heterocycles. The van der Waals surface area contributed by atoms with Gasteiger partial charge >= 0.3 is 5.69 Å². The van der Waals surface area contributed by atoms with Gasteiger partial charge in [-0.15, -0.1) is 0 Å². The zero-order chi connectivity index (χ0) is 27.1. The van der Waals surface area contributed by atoms with E-state index in [1.807, 2.05) is 19.1 Å². The summed E-state index contributed by atoms with van der Waals surface area (Å²) in [5, 5.41) is 11.6. The van der Waals surface area contributed by atoms with Gasteiger partial charge in [-0.3, -0.25) is 9.47 Å². The number of halogens is 2. The number of hydrogen-bond acceptors (Lipinski definition) is 5. The lowest BCUT2D eigenvalue weighted by Gasteiger charge is -2.37. The van der Waals surface area contributed by atoms with Crippen molar-refractivity contribution in [3.8, 4) is 33.7 Å². The molecule has 38 heavy (non-hydrogen) atoms. The summed E-state index contributed by atoms with van der Waals surface area (Å²) >= 11 is 6.54. The van der Waals surface area contributed by atoms with Gasteiger partial charge in [-0.25, -0.2) is 14.2 Å². The number of imidazole rings is 1. The van der Waals surface area contributed by atoms with Crippen LogP contribution < -0.4 is 10.6 Å². The summed E-state index contributed by atoms with van der Waals surface area (Å²) in [5.41, 5.74) is 2.98. The molecule has 2 aromatic carbocycles. The summed E-state index contributed by atoms with van der Waals surface area (Å²) < 4.78 is 17.8. The standard InChI is InChI=1S/C29H31ClFN5O2/c1-18(2)34-8-10-35(11-9-34)27-15-21(13-19(3)32-27)24-17-22(31)16-23(28(24)37)20-5-6-26(25(30)14-20)36-12-7-33(4)29(36)38/h5-7,12-18,37H,8-11H2,1-4H3. The summed E-state index contributed by atoms with van der Waals surface area (Å²) in [5.74, 6) is 0.288. The smallest absolute Gasteiger partial charge is 0.332 e. The zero-order valence-corrected chi connectivity index (χ0v) is 22.7. The topological polar surface area (TPSA) is 66.5 Å². The number of phenols is 1. The Labute approximate surface area is 226 Å². The van der Waals surface area contributed by atoms with Crippen molar-refractivity contribution in [3.63, 3.8) is 0 Å². The highest BCUT2D eigenvalue weighted by Crippen LogP contribution is 2.41. The third kappa shape index (κ3) is 4.93. The highest BCUT2D eigenvalue weighted by atomic mass is 35.5. The summed E-state index contributed by atoms with van der Waals surface area (Å²) in [7, 11) is 1.66. The van der Waals surface area contributed by atoms with Crippen LogP contribution in [0.5, 0.6) is 5.75 Å². The molecular formula is C29H31ClFN5O2. The molecule has 0 saturated carbocycles. The largest absolute Gasteiger partial charge is 0.507 e. The molecule has 1 aliphatic rings. The molecule has 0 spiro atoms. The van der Waals surface area contributed by atoms with Crippen LogP contribution in [0.2, 0.25) is 5.02 Å². The van der Waals surface area contributed by atoms with Crippen molar-refractivity contribution in [3.05, 3.63) is 81.9 Å². The average molecular weight is 536 g/mol. The number of rotatable bonds is 5. The third-order valence-electron chi connectivity index (χ3n) is 7.16. The van der Waals surface area contributed by atoms with Crippen molar-refractivity contribution in [1.29, 1.82) is 0 Å². The first-order valence-electron chi connectivity index (χ1n) is 12.7. The fourth-order valence-electron chi connectivity index (χ4n) is 4.99. The van der Waals surface area contributed by atoms with E-state index in [0.717, 1.165) is 37.7 Å². The fourth-order valence-corrected chi connectivity index (χ4v) is 5.26. The Kier molecular flexibility index (Phi) is 7.03. The van der Waals surface area contributed by atoms with Gasteiger partial charge < -0.3 is 14.6 Å². The quantitative estimate of drug-likeness (QED) is 0.378. The van der Waals surface area contributed by atoms with Gasteiger partial charge in [0, 0.05) is 68.5 Å². The number of aryl methyl sites for hydroxylation is 2. The van der Waals surface area contributed by atoms with Crippen LogP contribution >= 0.6 is 11.6 Å². The fraction of sp³-hybridized carbons (Fsp3) is 0.310. The van der Waals surface area contributed by atoms with E-state index in [1.54, 1.807) is 37.6 Å². The zero-order valence-electron chi connectivity index (χ0n) is 21.9. The highest BCUT2D eigenvalue weighted by molar-refractivity contribution is 6.32. The normalized spacial score (nSPS) is 14.4. The number of hydrogen-bond donors (Lipinski definition) is 1. The molecule has 7 nitrogen and oxygen atoms in total. The first kappa shape index (κ1) is 26.0.